The number of halogens is 4. The molecule has 2 aromatic carbocycles. The summed E-state index contributed by atoms with van der Waals surface area (Å²) in [5, 5.41) is 0. The van der Waals surface area contributed by atoms with Crippen LogP contribution in [0.15, 0.2) is 36.4 Å². The molecule has 138 valence electrons. The molecule has 1 aliphatic heterocycles. The minimum atomic E-state index is -1.19. The molecule has 8 heteroatoms. The van der Waals surface area contributed by atoms with Gasteiger partial charge in [-0.1, -0.05) is 6.07 Å². The lowest BCUT2D eigenvalue weighted by molar-refractivity contribution is 0.0726. The Morgan fingerprint density at radius 1 is 1.07 bits per heavy atom. The number of nitrogens with one attached hydrogen (secondary N) is 1. The van der Waals surface area contributed by atoms with E-state index in [-0.39, 0.29) is 30.0 Å². The third-order valence-electron chi connectivity index (χ3n) is 4.49. The first-order chi connectivity index (χ1) is 12.9. The molecule has 4 rings (SSSR count). The molecule has 0 fully saturated rings. The summed E-state index contributed by atoms with van der Waals surface area (Å²) in [7, 11) is 0. The first-order valence-electron chi connectivity index (χ1n) is 8.20. The van der Waals surface area contributed by atoms with E-state index in [1.54, 1.807) is 0 Å². The lowest BCUT2D eigenvalue weighted by atomic mass is 10.1. The van der Waals surface area contributed by atoms with Crippen molar-refractivity contribution in [1.82, 2.24) is 14.9 Å². The minimum absolute atomic E-state index is 0.0972. The van der Waals surface area contributed by atoms with E-state index in [0.29, 0.717) is 17.8 Å². The second-order valence-corrected chi connectivity index (χ2v) is 6.21. The summed E-state index contributed by atoms with van der Waals surface area (Å²) in [5.41, 5.74) is 0.991. The molecule has 1 amide bonds. The third kappa shape index (κ3) is 3.07. The van der Waals surface area contributed by atoms with Gasteiger partial charge in [0.1, 0.15) is 17.5 Å². The number of benzene rings is 2. The molecule has 0 aliphatic carbocycles. The average molecular weight is 375 g/mol. The fourth-order valence-electron chi connectivity index (χ4n) is 3.12. The zero-order valence-corrected chi connectivity index (χ0v) is 13.9. The van der Waals surface area contributed by atoms with Crippen molar-refractivity contribution < 1.29 is 22.4 Å². The van der Waals surface area contributed by atoms with Crippen molar-refractivity contribution in [3.8, 4) is 11.4 Å². The first kappa shape index (κ1) is 17.3. The van der Waals surface area contributed by atoms with Gasteiger partial charge in [-0.05, 0) is 24.3 Å². The van der Waals surface area contributed by atoms with Crippen LogP contribution in [0, 0.1) is 23.3 Å². The monoisotopic (exact) mass is 375 g/mol. The van der Waals surface area contributed by atoms with Gasteiger partial charge in [0.15, 0.2) is 11.6 Å². The quantitative estimate of drug-likeness (QED) is 0.692. The predicted molar refractivity (Wildman–Crippen MR) is 88.7 cm³/mol. The van der Waals surface area contributed by atoms with Crippen LogP contribution in [-0.4, -0.2) is 27.3 Å². The molecule has 0 atom stereocenters. The highest BCUT2D eigenvalue weighted by Crippen LogP contribution is 2.26. The number of H-pyrrole nitrogens is 1. The third-order valence-corrected chi connectivity index (χ3v) is 4.49. The minimum Gasteiger partial charge on any atom is -0.340 e. The maximum atomic E-state index is 14.0. The van der Waals surface area contributed by atoms with Crippen LogP contribution in [0.5, 0.6) is 0 Å². The molecule has 0 saturated heterocycles. The topological polar surface area (TPSA) is 49.0 Å². The molecule has 2 heterocycles. The van der Waals surface area contributed by atoms with Gasteiger partial charge >= 0.3 is 0 Å². The van der Waals surface area contributed by atoms with Crippen molar-refractivity contribution in [1.29, 1.82) is 0 Å². The maximum Gasteiger partial charge on any atom is 0.257 e. The molecule has 27 heavy (non-hydrogen) atoms. The standard InChI is InChI=1S/C19H13F4N3O/c20-10-4-5-11(14(22)8-10)18-24-15-6-7-26(9-16(15)25-18)19(27)12-2-1-3-13(21)17(12)23/h1-5,8H,6-7,9H2,(H,24,25). The maximum absolute atomic E-state index is 14.0. The predicted octanol–water partition coefficient (Wildman–Crippen LogP) is 3.83. The molecule has 0 saturated carbocycles. The lowest BCUT2D eigenvalue weighted by Crippen LogP contribution is -2.36. The number of carbonyl (C=O) groups is 1. The van der Waals surface area contributed by atoms with Gasteiger partial charge in [0.05, 0.1) is 29.1 Å². The number of aromatic nitrogens is 2. The van der Waals surface area contributed by atoms with Gasteiger partial charge in [0, 0.05) is 19.0 Å². The lowest BCUT2D eigenvalue weighted by Gasteiger charge is -2.26. The summed E-state index contributed by atoms with van der Waals surface area (Å²) in [4.78, 5) is 21.2. The molecule has 1 aromatic heterocycles. The highest BCUT2D eigenvalue weighted by molar-refractivity contribution is 5.94. The Hall–Kier alpha value is -3.16. The van der Waals surface area contributed by atoms with E-state index in [9.17, 15) is 22.4 Å². The smallest absolute Gasteiger partial charge is 0.257 e. The van der Waals surface area contributed by atoms with Gasteiger partial charge < -0.3 is 9.88 Å². The van der Waals surface area contributed by atoms with Crippen molar-refractivity contribution in [3.05, 3.63) is 76.6 Å². The van der Waals surface area contributed by atoms with Gasteiger partial charge in [0.25, 0.3) is 5.91 Å². The van der Waals surface area contributed by atoms with Crippen LogP contribution in [0.3, 0.4) is 0 Å². The summed E-state index contributed by atoms with van der Waals surface area (Å²) in [6, 6.07) is 6.61. The second-order valence-electron chi connectivity index (χ2n) is 6.21. The molecular formula is C19H13F4N3O. The first-order valence-corrected chi connectivity index (χ1v) is 8.20. The Morgan fingerprint density at radius 2 is 1.89 bits per heavy atom. The molecular weight excluding hydrogens is 362 g/mol. The van der Waals surface area contributed by atoms with Gasteiger partial charge in [0.2, 0.25) is 0 Å². The van der Waals surface area contributed by atoms with E-state index in [0.717, 1.165) is 18.2 Å². The summed E-state index contributed by atoms with van der Waals surface area (Å²) in [5.74, 6) is -4.14. The number of imidazole rings is 1. The van der Waals surface area contributed by atoms with Crippen molar-refractivity contribution in [2.75, 3.05) is 6.54 Å². The number of carbonyl (C=O) groups excluding carboxylic acids is 1. The Balaban J connectivity index is 1.61. The van der Waals surface area contributed by atoms with Crippen molar-refractivity contribution in [2.24, 2.45) is 0 Å². The van der Waals surface area contributed by atoms with E-state index in [2.05, 4.69) is 9.97 Å². The summed E-state index contributed by atoms with van der Waals surface area (Å²) in [6.45, 7) is 0.359. The summed E-state index contributed by atoms with van der Waals surface area (Å²) < 4.78 is 54.3. The number of rotatable bonds is 2. The summed E-state index contributed by atoms with van der Waals surface area (Å²) in [6.07, 6.45) is 0.372. The van der Waals surface area contributed by atoms with Crippen LogP contribution in [-0.2, 0) is 13.0 Å². The zero-order chi connectivity index (χ0) is 19.1. The second kappa shape index (κ2) is 6.53. The molecule has 3 aromatic rings. The number of nitrogens with zero attached hydrogens (tertiary/aromatic N) is 2. The average Bonchev–Trinajstić information content (AvgIpc) is 3.06. The number of aromatic amines is 1. The van der Waals surface area contributed by atoms with Crippen LogP contribution in [0.4, 0.5) is 17.6 Å². The number of hydrogen-bond acceptors (Lipinski definition) is 2. The Bertz CT molecular complexity index is 1050. The normalized spacial score (nSPS) is 13.6. The van der Waals surface area contributed by atoms with Gasteiger partial charge in [-0.15, -0.1) is 0 Å². The highest BCUT2D eigenvalue weighted by atomic mass is 19.2. The number of amides is 1. The molecule has 0 unspecified atom stereocenters. The number of hydrogen-bond donors (Lipinski definition) is 1. The Morgan fingerprint density at radius 3 is 2.67 bits per heavy atom. The van der Waals surface area contributed by atoms with Crippen molar-refractivity contribution in [3.63, 3.8) is 0 Å². The van der Waals surface area contributed by atoms with Crippen LogP contribution in [0.25, 0.3) is 11.4 Å². The fraction of sp³-hybridized carbons (Fsp3) is 0.158. The fourth-order valence-corrected chi connectivity index (χ4v) is 3.12. The van der Waals surface area contributed by atoms with Crippen LogP contribution in [0.1, 0.15) is 21.7 Å². The van der Waals surface area contributed by atoms with E-state index in [1.165, 1.54) is 23.1 Å². The molecule has 0 spiro atoms. The van der Waals surface area contributed by atoms with E-state index < -0.39 is 29.2 Å². The summed E-state index contributed by atoms with van der Waals surface area (Å²) >= 11 is 0. The largest absolute Gasteiger partial charge is 0.340 e. The highest BCUT2D eigenvalue weighted by Gasteiger charge is 2.27. The SMILES string of the molecule is O=C(c1cccc(F)c1F)N1CCc2nc(-c3ccc(F)cc3F)[nH]c2C1. The van der Waals surface area contributed by atoms with Crippen molar-refractivity contribution >= 4 is 5.91 Å². The molecule has 1 aliphatic rings. The molecule has 0 radical (unpaired) electrons. The van der Waals surface area contributed by atoms with Crippen LogP contribution < -0.4 is 0 Å². The molecule has 0 bridgehead atoms. The van der Waals surface area contributed by atoms with E-state index >= 15 is 0 Å². The number of fused-ring (bicyclic) bond motifs is 1. The van der Waals surface area contributed by atoms with Crippen LogP contribution in [0.2, 0.25) is 0 Å². The molecule has 4 nitrogen and oxygen atoms in total. The zero-order valence-electron chi connectivity index (χ0n) is 13.9. The Labute approximate surface area is 151 Å². The Kier molecular flexibility index (Phi) is 4.18. The van der Waals surface area contributed by atoms with Gasteiger partial charge in [-0.2, -0.15) is 0 Å². The van der Waals surface area contributed by atoms with Crippen molar-refractivity contribution in [2.45, 2.75) is 13.0 Å². The molecule has 1 N–H and O–H groups in total. The van der Waals surface area contributed by atoms with Gasteiger partial charge in [-0.25, -0.2) is 22.5 Å². The van der Waals surface area contributed by atoms with E-state index in [1.807, 2.05) is 0 Å². The van der Waals surface area contributed by atoms with E-state index in [4.69, 9.17) is 0 Å². The van der Waals surface area contributed by atoms with Gasteiger partial charge in [-0.3, -0.25) is 4.79 Å². The van der Waals surface area contributed by atoms with Crippen LogP contribution >= 0.6 is 0 Å².